The van der Waals surface area contributed by atoms with Crippen molar-refractivity contribution in [3.8, 4) is 0 Å². The Kier molecular flexibility index (Phi) is 5.86. The standard InChI is InChI=1S/C17H18BrClN2O/c1-3-20-17(22)12-5-4-11(2)16(9-12)21-10-13-8-14(18)6-7-15(13)19/h4-9,21H,3,10H2,1-2H3,(H,20,22). The largest absolute Gasteiger partial charge is 0.381 e. The minimum absolute atomic E-state index is 0.0639. The van der Waals surface area contributed by atoms with Gasteiger partial charge in [-0.1, -0.05) is 33.6 Å². The van der Waals surface area contributed by atoms with Gasteiger partial charge in [0.05, 0.1) is 0 Å². The molecule has 0 atom stereocenters. The van der Waals surface area contributed by atoms with E-state index in [2.05, 4.69) is 26.6 Å². The highest BCUT2D eigenvalue weighted by atomic mass is 79.9. The number of aryl methyl sites for hydroxylation is 1. The molecule has 0 aliphatic rings. The Hall–Kier alpha value is -1.52. The van der Waals surface area contributed by atoms with Crippen molar-refractivity contribution in [3.05, 3.63) is 62.6 Å². The molecule has 0 spiro atoms. The van der Waals surface area contributed by atoms with Crippen LogP contribution in [0.5, 0.6) is 0 Å². The van der Waals surface area contributed by atoms with E-state index in [9.17, 15) is 4.79 Å². The van der Waals surface area contributed by atoms with E-state index in [1.54, 1.807) is 0 Å². The normalized spacial score (nSPS) is 10.4. The van der Waals surface area contributed by atoms with E-state index in [0.717, 1.165) is 21.3 Å². The number of carbonyl (C=O) groups excluding carboxylic acids is 1. The van der Waals surface area contributed by atoms with Gasteiger partial charge in [-0.05, 0) is 55.3 Å². The van der Waals surface area contributed by atoms with E-state index in [1.165, 1.54) is 0 Å². The molecule has 0 bridgehead atoms. The predicted octanol–water partition coefficient (Wildman–Crippen LogP) is 4.77. The fourth-order valence-electron chi connectivity index (χ4n) is 2.09. The second-order valence-electron chi connectivity index (χ2n) is 4.98. The lowest BCUT2D eigenvalue weighted by molar-refractivity contribution is 0.0956. The van der Waals surface area contributed by atoms with Crippen LogP contribution in [0.4, 0.5) is 5.69 Å². The summed E-state index contributed by atoms with van der Waals surface area (Å²) < 4.78 is 0.987. The monoisotopic (exact) mass is 380 g/mol. The van der Waals surface area contributed by atoms with Crippen LogP contribution in [0.1, 0.15) is 28.4 Å². The van der Waals surface area contributed by atoms with Crippen LogP contribution >= 0.6 is 27.5 Å². The molecule has 0 fully saturated rings. The van der Waals surface area contributed by atoms with Crippen LogP contribution in [-0.2, 0) is 6.54 Å². The molecule has 0 aliphatic heterocycles. The first-order valence-corrected chi connectivity index (χ1v) is 8.25. The molecule has 0 unspecified atom stereocenters. The fraction of sp³-hybridized carbons (Fsp3) is 0.235. The average Bonchev–Trinajstić information content (AvgIpc) is 2.49. The number of amides is 1. The van der Waals surface area contributed by atoms with Crippen molar-refractivity contribution in [2.75, 3.05) is 11.9 Å². The Labute approximate surface area is 144 Å². The maximum atomic E-state index is 11.9. The maximum Gasteiger partial charge on any atom is 0.251 e. The molecule has 22 heavy (non-hydrogen) atoms. The molecule has 0 heterocycles. The fourth-order valence-corrected chi connectivity index (χ4v) is 2.68. The van der Waals surface area contributed by atoms with E-state index in [1.807, 2.05) is 50.2 Å². The number of hydrogen-bond donors (Lipinski definition) is 2. The van der Waals surface area contributed by atoms with Crippen molar-refractivity contribution in [1.29, 1.82) is 0 Å². The molecule has 5 heteroatoms. The van der Waals surface area contributed by atoms with E-state index >= 15 is 0 Å². The second-order valence-corrected chi connectivity index (χ2v) is 6.30. The zero-order valence-corrected chi connectivity index (χ0v) is 14.9. The van der Waals surface area contributed by atoms with Gasteiger partial charge in [0, 0.05) is 33.8 Å². The van der Waals surface area contributed by atoms with Crippen molar-refractivity contribution < 1.29 is 4.79 Å². The summed E-state index contributed by atoms with van der Waals surface area (Å²) in [6.45, 7) is 5.12. The Balaban J connectivity index is 2.17. The number of carbonyl (C=O) groups is 1. The number of anilines is 1. The number of hydrogen-bond acceptors (Lipinski definition) is 2. The Morgan fingerprint density at radius 2 is 2.00 bits per heavy atom. The van der Waals surface area contributed by atoms with Gasteiger partial charge in [0.2, 0.25) is 0 Å². The summed E-state index contributed by atoms with van der Waals surface area (Å²) in [5.74, 6) is -0.0639. The molecule has 2 aromatic carbocycles. The SMILES string of the molecule is CCNC(=O)c1ccc(C)c(NCc2cc(Br)ccc2Cl)c1. The topological polar surface area (TPSA) is 41.1 Å². The van der Waals surface area contributed by atoms with Gasteiger partial charge in [-0.15, -0.1) is 0 Å². The van der Waals surface area contributed by atoms with E-state index in [0.29, 0.717) is 23.7 Å². The number of halogens is 2. The van der Waals surface area contributed by atoms with Gasteiger partial charge in [0.1, 0.15) is 0 Å². The molecular formula is C17H18BrClN2O. The van der Waals surface area contributed by atoms with Gasteiger partial charge in [-0.2, -0.15) is 0 Å². The Morgan fingerprint density at radius 3 is 2.73 bits per heavy atom. The van der Waals surface area contributed by atoms with Gasteiger partial charge in [0.15, 0.2) is 0 Å². The molecule has 116 valence electrons. The van der Waals surface area contributed by atoms with Crippen molar-refractivity contribution >= 4 is 39.1 Å². The summed E-state index contributed by atoms with van der Waals surface area (Å²) in [6, 6.07) is 11.4. The van der Waals surface area contributed by atoms with Gasteiger partial charge in [0.25, 0.3) is 5.91 Å². The maximum absolute atomic E-state index is 11.9. The van der Waals surface area contributed by atoms with Crippen LogP contribution in [0.2, 0.25) is 5.02 Å². The molecule has 0 aliphatic carbocycles. The molecular weight excluding hydrogens is 364 g/mol. The van der Waals surface area contributed by atoms with Crippen molar-refractivity contribution in [1.82, 2.24) is 5.32 Å². The Bertz CT molecular complexity index is 688. The summed E-state index contributed by atoms with van der Waals surface area (Å²) in [5, 5.41) is 6.87. The van der Waals surface area contributed by atoms with Gasteiger partial charge in [-0.25, -0.2) is 0 Å². The number of rotatable bonds is 5. The second kappa shape index (κ2) is 7.65. The summed E-state index contributed by atoms with van der Waals surface area (Å²) in [5.41, 5.74) is 3.66. The van der Waals surface area contributed by atoms with Crippen LogP contribution < -0.4 is 10.6 Å². The highest BCUT2D eigenvalue weighted by molar-refractivity contribution is 9.10. The summed E-state index contributed by atoms with van der Waals surface area (Å²) in [4.78, 5) is 11.9. The quantitative estimate of drug-likeness (QED) is 0.783. The third-order valence-corrected chi connectivity index (χ3v) is 4.18. The van der Waals surface area contributed by atoms with Crippen molar-refractivity contribution in [2.24, 2.45) is 0 Å². The minimum atomic E-state index is -0.0639. The van der Waals surface area contributed by atoms with Crippen molar-refractivity contribution in [3.63, 3.8) is 0 Å². The smallest absolute Gasteiger partial charge is 0.251 e. The first-order valence-electron chi connectivity index (χ1n) is 7.08. The van der Waals surface area contributed by atoms with Crippen LogP contribution in [0.3, 0.4) is 0 Å². The molecule has 3 nitrogen and oxygen atoms in total. The Morgan fingerprint density at radius 1 is 1.23 bits per heavy atom. The van der Waals surface area contributed by atoms with Crippen LogP contribution in [0, 0.1) is 6.92 Å². The lowest BCUT2D eigenvalue weighted by Gasteiger charge is -2.13. The zero-order valence-electron chi connectivity index (χ0n) is 12.5. The minimum Gasteiger partial charge on any atom is -0.381 e. The first-order chi connectivity index (χ1) is 10.5. The van der Waals surface area contributed by atoms with E-state index in [4.69, 9.17) is 11.6 Å². The van der Waals surface area contributed by atoms with Gasteiger partial charge < -0.3 is 10.6 Å². The van der Waals surface area contributed by atoms with Crippen LogP contribution in [0.15, 0.2) is 40.9 Å². The van der Waals surface area contributed by atoms with Crippen molar-refractivity contribution in [2.45, 2.75) is 20.4 Å². The molecule has 1 amide bonds. The highest BCUT2D eigenvalue weighted by Gasteiger charge is 2.08. The molecule has 0 aromatic heterocycles. The zero-order chi connectivity index (χ0) is 16.1. The van der Waals surface area contributed by atoms with Gasteiger partial charge in [-0.3, -0.25) is 4.79 Å². The molecule has 2 rings (SSSR count). The summed E-state index contributed by atoms with van der Waals surface area (Å²) in [7, 11) is 0. The molecule has 0 saturated heterocycles. The average molecular weight is 382 g/mol. The molecule has 0 radical (unpaired) electrons. The summed E-state index contributed by atoms with van der Waals surface area (Å²) >= 11 is 9.65. The third-order valence-electron chi connectivity index (χ3n) is 3.31. The lowest BCUT2D eigenvalue weighted by atomic mass is 10.1. The van der Waals surface area contributed by atoms with E-state index < -0.39 is 0 Å². The van der Waals surface area contributed by atoms with E-state index in [-0.39, 0.29) is 5.91 Å². The molecule has 2 aromatic rings. The lowest BCUT2D eigenvalue weighted by Crippen LogP contribution is -2.22. The third kappa shape index (κ3) is 4.24. The summed E-state index contributed by atoms with van der Waals surface area (Å²) in [6.07, 6.45) is 0. The number of benzene rings is 2. The van der Waals surface area contributed by atoms with Crippen LogP contribution in [-0.4, -0.2) is 12.5 Å². The highest BCUT2D eigenvalue weighted by Crippen LogP contribution is 2.23. The number of nitrogens with one attached hydrogen (secondary N) is 2. The molecule has 2 N–H and O–H groups in total. The molecule has 0 saturated carbocycles. The predicted molar refractivity (Wildman–Crippen MR) is 95.7 cm³/mol. The van der Waals surface area contributed by atoms with Gasteiger partial charge >= 0.3 is 0 Å². The van der Waals surface area contributed by atoms with Crippen LogP contribution in [0.25, 0.3) is 0 Å². The first kappa shape index (κ1) is 16.8.